The number of para-hydroxylation sites is 1. The van der Waals surface area contributed by atoms with Gasteiger partial charge in [-0.05, 0) is 40.9 Å². The molecule has 2 aromatic rings. The third-order valence-corrected chi connectivity index (χ3v) is 4.77. The zero-order chi connectivity index (χ0) is 16.9. The van der Waals surface area contributed by atoms with E-state index in [-0.39, 0.29) is 23.4 Å². The zero-order valence-electron chi connectivity index (χ0n) is 13.0. The van der Waals surface area contributed by atoms with Crippen LogP contribution in [0.4, 0.5) is 23.0 Å². The maximum atomic E-state index is 11.6. The van der Waals surface area contributed by atoms with Gasteiger partial charge < -0.3 is 10.6 Å². The molecule has 1 fully saturated rings. The Bertz CT molecular complexity index is 734. The first-order valence-electron chi connectivity index (χ1n) is 7.92. The molecule has 126 valence electrons. The number of hydrogen-bond acceptors (Lipinski definition) is 6. The minimum Gasteiger partial charge on any atom is -0.361 e. The molecule has 1 saturated carbocycles. The highest BCUT2D eigenvalue weighted by atomic mass is 79.9. The van der Waals surface area contributed by atoms with Gasteiger partial charge in [0, 0.05) is 10.5 Å². The topological polar surface area (TPSA) is 93.0 Å². The average molecular weight is 392 g/mol. The Balaban J connectivity index is 1.90. The Labute approximate surface area is 148 Å². The Morgan fingerprint density at radius 3 is 2.54 bits per heavy atom. The van der Waals surface area contributed by atoms with E-state index in [2.05, 4.69) is 36.5 Å². The summed E-state index contributed by atoms with van der Waals surface area (Å²) in [5.74, 6) is 0.455. The highest BCUT2D eigenvalue weighted by molar-refractivity contribution is 9.10. The standard InChI is InChI=1S/C16H18BrN5O2/c17-12-8-4-5-9-13(12)21-16-14(22(23)24)15(18-10-19-16)20-11-6-2-1-3-7-11/h4-5,8-11H,1-3,6-7H2,(H2,18,19,20,21). The molecule has 24 heavy (non-hydrogen) atoms. The van der Waals surface area contributed by atoms with Crippen molar-refractivity contribution in [2.45, 2.75) is 38.1 Å². The molecule has 1 aliphatic rings. The molecule has 8 heteroatoms. The molecular formula is C16H18BrN5O2. The molecule has 0 amide bonds. The maximum absolute atomic E-state index is 11.6. The number of nitrogens with one attached hydrogen (secondary N) is 2. The smallest absolute Gasteiger partial charge is 0.353 e. The van der Waals surface area contributed by atoms with E-state index in [0.717, 1.165) is 30.2 Å². The molecule has 1 heterocycles. The maximum Gasteiger partial charge on any atom is 0.353 e. The number of anilines is 3. The fourth-order valence-corrected chi connectivity index (χ4v) is 3.26. The Kier molecular flexibility index (Phi) is 5.24. The Morgan fingerprint density at radius 2 is 1.83 bits per heavy atom. The fraction of sp³-hybridized carbons (Fsp3) is 0.375. The zero-order valence-corrected chi connectivity index (χ0v) is 14.6. The first-order chi connectivity index (χ1) is 11.6. The highest BCUT2D eigenvalue weighted by Gasteiger charge is 2.25. The predicted octanol–water partition coefficient (Wildman–Crippen LogP) is 4.64. The molecule has 1 aliphatic carbocycles. The molecule has 0 spiro atoms. The molecule has 0 aliphatic heterocycles. The van der Waals surface area contributed by atoms with Crippen molar-refractivity contribution in [2.24, 2.45) is 0 Å². The number of rotatable bonds is 5. The molecule has 0 unspecified atom stereocenters. The summed E-state index contributed by atoms with van der Waals surface area (Å²) < 4.78 is 0.805. The number of nitrogens with zero attached hydrogens (tertiary/aromatic N) is 3. The number of halogens is 1. The van der Waals surface area contributed by atoms with Gasteiger partial charge in [-0.2, -0.15) is 0 Å². The SMILES string of the molecule is O=[N+]([O-])c1c(Nc2ccccc2Br)ncnc1NC1CCCCC1. The second-order valence-electron chi connectivity index (χ2n) is 5.76. The van der Waals surface area contributed by atoms with E-state index in [1.807, 2.05) is 24.3 Å². The van der Waals surface area contributed by atoms with E-state index < -0.39 is 4.92 Å². The normalized spacial score (nSPS) is 15.0. The van der Waals surface area contributed by atoms with Crippen LogP contribution in [0.3, 0.4) is 0 Å². The number of aromatic nitrogens is 2. The van der Waals surface area contributed by atoms with Gasteiger partial charge in [-0.25, -0.2) is 9.97 Å². The van der Waals surface area contributed by atoms with E-state index in [1.165, 1.54) is 12.7 Å². The lowest BCUT2D eigenvalue weighted by molar-refractivity contribution is -0.383. The van der Waals surface area contributed by atoms with E-state index in [0.29, 0.717) is 5.69 Å². The number of hydrogen-bond donors (Lipinski definition) is 2. The summed E-state index contributed by atoms with van der Waals surface area (Å²) >= 11 is 3.42. The lowest BCUT2D eigenvalue weighted by Crippen LogP contribution is -2.23. The van der Waals surface area contributed by atoms with Gasteiger partial charge in [0.05, 0.1) is 10.6 Å². The first-order valence-corrected chi connectivity index (χ1v) is 8.72. The molecule has 7 nitrogen and oxygen atoms in total. The van der Waals surface area contributed by atoms with Crippen LogP contribution in [-0.4, -0.2) is 20.9 Å². The molecule has 0 bridgehead atoms. The van der Waals surface area contributed by atoms with E-state index in [1.54, 1.807) is 0 Å². The highest BCUT2D eigenvalue weighted by Crippen LogP contribution is 2.34. The van der Waals surface area contributed by atoms with E-state index >= 15 is 0 Å². The van der Waals surface area contributed by atoms with Crippen LogP contribution in [0.5, 0.6) is 0 Å². The second-order valence-corrected chi connectivity index (χ2v) is 6.62. The van der Waals surface area contributed by atoms with Crippen molar-refractivity contribution in [1.82, 2.24) is 9.97 Å². The lowest BCUT2D eigenvalue weighted by Gasteiger charge is -2.23. The molecule has 3 rings (SSSR count). The summed E-state index contributed by atoms with van der Waals surface area (Å²) in [7, 11) is 0. The predicted molar refractivity (Wildman–Crippen MR) is 96.6 cm³/mol. The van der Waals surface area contributed by atoms with Crippen LogP contribution in [0.25, 0.3) is 0 Å². The van der Waals surface area contributed by atoms with Gasteiger partial charge in [0.15, 0.2) is 0 Å². The molecule has 2 N–H and O–H groups in total. The van der Waals surface area contributed by atoms with E-state index in [4.69, 9.17) is 0 Å². The van der Waals surface area contributed by atoms with Crippen LogP contribution in [0.2, 0.25) is 0 Å². The van der Waals surface area contributed by atoms with Gasteiger partial charge >= 0.3 is 5.69 Å². The molecule has 1 aromatic heterocycles. The quantitative estimate of drug-likeness (QED) is 0.569. The molecule has 1 aromatic carbocycles. The van der Waals surface area contributed by atoms with Crippen molar-refractivity contribution in [3.8, 4) is 0 Å². The van der Waals surface area contributed by atoms with Crippen molar-refractivity contribution < 1.29 is 4.92 Å². The molecule has 0 radical (unpaired) electrons. The van der Waals surface area contributed by atoms with Crippen LogP contribution in [0.15, 0.2) is 35.1 Å². The number of nitro groups is 1. The van der Waals surface area contributed by atoms with Gasteiger partial charge in [0.2, 0.25) is 11.6 Å². The molecule has 0 atom stereocenters. The van der Waals surface area contributed by atoms with Gasteiger partial charge in [-0.1, -0.05) is 31.4 Å². The summed E-state index contributed by atoms with van der Waals surface area (Å²) in [5.41, 5.74) is 0.585. The van der Waals surface area contributed by atoms with Crippen LogP contribution in [0, 0.1) is 10.1 Å². The van der Waals surface area contributed by atoms with Crippen LogP contribution in [-0.2, 0) is 0 Å². The van der Waals surface area contributed by atoms with Crippen LogP contribution in [0.1, 0.15) is 32.1 Å². The van der Waals surface area contributed by atoms with Gasteiger partial charge in [-0.15, -0.1) is 0 Å². The average Bonchev–Trinajstić information content (AvgIpc) is 2.58. The van der Waals surface area contributed by atoms with E-state index in [9.17, 15) is 10.1 Å². The third-order valence-electron chi connectivity index (χ3n) is 4.08. The van der Waals surface area contributed by atoms with Crippen molar-refractivity contribution in [2.75, 3.05) is 10.6 Å². The lowest BCUT2D eigenvalue weighted by atomic mass is 9.95. The summed E-state index contributed by atoms with van der Waals surface area (Å²) in [6.45, 7) is 0. The summed E-state index contributed by atoms with van der Waals surface area (Å²) in [6, 6.07) is 7.63. The van der Waals surface area contributed by atoms with Crippen LogP contribution >= 0.6 is 15.9 Å². The second kappa shape index (κ2) is 7.57. The Morgan fingerprint density at radius 1 is 1.12 bits per heavy atom. The minimum absolute atomic E-state index is 0.126. The summed E-state index contributed by atoms with van der Waals surface area (Å²) in [5, 5.41) is 17.8. The van der Waals surface area contributed by atoms with Crippen LogP contribution < -0.4 is 10.6 Å². The summed E-state index contributed by atoms with van der Waals surface area (Å²) in [6.07, 6.45) is 6.86. The monoisotopic (exact) mass is 391 g/mol. The number of benzene rings is 1. The van der Waals surface area contributed by atoms with Crippen molar-refractivity contribution >= 4 is 38.9 Å². The molecule has 0 saturated heterocycles. The van der Waals surface area contributed by atoms with Crippen molar-refractivity contribution in [3.05, 3.63) is 45.2 Å². The largest absolute Gasteiger partial charge is 0.361 e. The summed E-state index contributed by atoms with van der Waals surface area (Å²) in [4.78, 5) is 19.3. The van der Waals surface area contributed by atoms with Gasteiger partial charge in [-0.3, -0.25) is 10.1 Å². The van der Waals surface area contributed by atoms with Crippen molar-refractivity contribution in [1.29, 1.82) is 0 Å². The van der Waals surface area contributed by atoms with Crippen molar-refractivity contribution in [3.63, 3.8) is 0 Å². The Hall–Kier alpha value is -2.22. The van der Waals surface area contributed by atoms with Gasteiger partial charge in [0.25, 0.3) is 0 Å². The molecular weight excluding hydrogens is 374 g/mol. The minimum atomic E-state index is -0.440. The first kappa shape index (κ1) is 16.6. The van der Waals surface area contributed by atoms with Gasteiger partial charge in [0.1, 0.15) is 6.33 Å². The third kappa shape index (κ3) is 3.81. The fourth-order valence-electron chi connectivity index (χ4n) is 2.88.